The summed E-state index contributed by atoms with van der Waals surface area (Å²) in [5.41, 5.74) is 1.83. The molecule has 0 bridgehead atoms. The van der Waals surface area contributed by atoms with Gasteiger partial charge < -0.3 is 15.2 Å². The zero-order valence-electron chi connectivity index (χ0n) is 11.1. The third kappa shape index (κ3) is 4.70. The van der Waals surface area contributed by atoms with E-state index in [0.29, 0.717) is 24.1 Å². The third-order valence-electron chi connectivity index (χ3n) is 2.72. The first-order chi connectivity index (χ1) is 9.08. The van der Waals surface area contributed by atoms with Crippen LogP contribution in [0.2, 0.25) is 0 Å². The van der Waals surface area contributed by atoms with Crippen molar-refractivity contribution in [3.8, 4) is 6.07 Å². The standard InChI is InChI=1S/C14H18N2O3/c1-10-7-11(8-15)3-4-13(10)14(18)16-6-5-12(17)9-19-2/h3-4,7,12,17H,5-6,9H2,1-2H3,(H,16,18). The number of aryl methyl sites for hydroxylation is 1. The fourth-order valence-corrected chi connectivity index (χ4v) is 1.71. The topological polar surface area (TPSA) is 82.3 Å². The number of amides is 1. The van der Waals surface area contributed by atoms with Gasteiger partial charge in [0.05, 0.1) is 24.3 Å². The maximum Gasteiger partial charge on any atom is 0.251 e. The minimum absolute atomic E-state index is 0.202. The molecule has 0 heterocycles. The van der Waals surface area contributed by atoms with Crippen LogP contribution in [0.25, 0.3) is 0 Å². The van der Waals surface area contributed by atoms with Gasteiger partial charge in [-0.1, -0.05) is 0 Å². The zero-order chi connectivity index (χ0) is 14.3. The highest BCUT2D eigenvalue weighted by Gasteiger charge is 2.10. The molecular weight excluding hydrogens is 244 g/mol. The SMILES string of the molecule is COCC(O)CCNC(=O)c1ccc(C#N)cc1C. The van der Waals surface area contributed by atoms with Gasteiger partial charge in [-0.15, -0.1) is 0 Å². The highest BCUT2D eigenvalue weighted by molar-refractivity contribution is 5.95. The lowest BCUT2D eigenvalue weighted by Gasteiger charge is -2.11. The Morgan fingerprint density at radius 3 is 2.89 bits per heavy atom. The third-order valence-corrected chi connectivity index (χ3v) is 2.72. The Morgan fingerprint density at radius 1 is 1.58 bits per heavy atom. The largest absolute Gasteiger partial charge is 0.391 e. The summed E-state index contributed by atoms with van der Waals surface area (Å²) in [4.78, 5) is 11.9. The van der Waals surface area contributed by atoms with Gasteiger partial charge in [-0.3, -0.25) is 4.79 Å². The molecule has 1 unspecified atom stereocenters. The van der Waals surface area contributed by atoms with E-state index in [0.717, 1.165) is 5.56 Å². The molecule has 0 aliphatic carbocycles. The summed E-state index contributed by atoms with van der Waals surface area (Å²) in [5, 5.41) is 20.9. The summed E-state index contributed by atoms with van der Waals surface area (Å²) in [6.45, 7) is 2.42. The highest BCUT2D eigenvalue weighted by atomic mass is 16.5. The average molecular weight is 262 g/mol. The maximum atomic E-state index is 11.9. The molecule has 0 saturated heterocycles. The number of carbonyl (C=O) groups is 1. The van der Waals surface area contributed by atoms with Crippen molar-refractivity contribution in [1.82, 2.24) is 5.32 Å². The molecule has 0 fully saturated rings. The van der Waals surface area contributed by atoms with E-state index in [-0.39, 0.29) is 12.5 Å². The number of nitrogens with zero attached hydrogens (tertiary/aromatic N) is 1. The Labute approximate surface area is 112 Å². The number of aliphatic hydroxyl groups excluding tert-OH is 1. The van der Waals surface area contributed by atoms with E-state index in [1.165, 1.54) is 7.11 Å². The first-order valence-corrected chi connectivity index (χ1v) is 6.04. The molecule has 1 aromatic carbocycles. The van der Waals surface area contributed by atoms with Crippen LogP contribution >= 0.6 is 0 Å². The number of hydrogen-bond donors (Lipinski definition) is 2. The van der Waals surface area contributed by atoms with Gasteiger partial charge in [-0.25, -0.2) is 0 Å². The van der Waals surface area contributed by atoms with Crippen LogP contribution in [0.5, 0.6) is 0 Å². The van der Waals surface area contributed by atoms with Crippen molar-refractivity contribution in [3.63, 3.8) is 0 Å². The summed E-state index contributed by atoms with van der Waals surface area (Å²) in [7, 11) is 1.52. The van der Waals surface area contributed by atoms with Crippen molar-refractivity contribution in [2.24, 2.45) is 0 Å². The molecule has 5 nitrogen and oxygen atoms in total. The fraction of sp³-hybridized carbons (Fsp3) is 0.429. The van der Waals surface area contributed by atoms with E-state index < -0.39 is 6.10 Å². The summed E-state index contributed by atoms with van der Waals surface area (Å²) >= 11 is 0. The first kappa shape index (κ1) is 15.2. The molecular formula is C14H18N2O3. The number of rotatable bonds is 6. The second kappa shape index (κ2) is 7.52. The van der Waals surface area contributed by atoms with Crippen LogP contribution in [0.15, 0.2) is 18.2 Å². The van der Waals surface area contributed by atoms with Crippen molar-refractivity contribution < 1.29 is 14.6 Å². The summed E-state index contributed by atoms with van der Waals surface area (Å²) < 4.78 is 4.80. The molecule has 0 aromatic heterocycles. The van der Waals surface area contributed by atoms with Crippen molar-refractivity contribution >= 4 is 5.91 Å². The van der Waals surface area contributed by atoms with Crippen LogP contribution in [0.4, 0.5) is 0 Å². The Balaban J connectivity index is 2.52. The minimum Gasteiger partial charge on any atom is -0.391 e. The van der Waals surface area contributed by atoms with Crippen molar-refractivity contribution in [1.29, 1.82) is 5.26 Å². The predicted molar refractivity (Wildman–Crippen MR) is 70.7 cm³/mol. The molecule has 1 aromatic rings. The minimum atomic E-state index is -0.577. The Hall–Kier alpha value is -1.90. The van der Waals surface area contributed by atoms with Crippen LogP contribution in [0, 0.1) is 18.3 Å². The monoisotopic (exact) mass is 262 g/mol. The molecule has 2 N–H and O–H groups in total. The second-order valence-electron chi connectivity index (χ2n) is 4.30. The van der Waals surface area contributed by atoms with Crippen molar-refractivity contribution in [3.05, 3.63) is 34.9 Å². The maximum absolute atomic E-state index is 11.9. The van der Waals surface area contributed by atoms with Crippen molar-refractivity contribution in [2.45, 2.75) is 19.4 Å². The van der Waals surface area contributed by atoms with E-state index >= 15 is 0 Å². The van der Waals surface area contributed by atoms with E-state index in [2.05, 4.69) is 5.32 Å². The summed E-state index contributed by atoms with van der Waals surface area (Å²) in [5.74, 6) is -0.202. The Bertz CT molecular complexity index is 480. The summed E-state index contributed by atoms with van der Waals surface area (Å²) in [6.07, 6.45) is -0.137. The van der Waals surface area contributed by atoms with Gasteiger partial charge in [0.1, 0.15) is 0 Å². The molecule has 0 saturated carbocycles. The molecule has 1 amide bonds. The number of nitrogens with one attached hydrogen (secondary N) is 1. The van der Waals surface area contributed by atoms with Crippen LogP contribution in [-0.2, 0) is 4.74 Å². The lowest BCUT2D eigenvalue weighted by molar-refractivity contribution is 0.0587. The van der Waals surface area contributed by atoms with Gasteiger partial charge in [0.25, 0.3) is 5.91 Å². The summed E-state index contributed by atoms with van der Waals surface area (Å²) in [6, 6.07) is 6.95. The molecule has 1 rings (SSSR count). The lowest BCUT2D eigenvalue weighted by Crippen LogP contribution is -2.29. The number of methoxy groups -OCH3 is 1. The van der Waals surface area contributed by atoms with Crippen LogP contribution in [0.1, 0.15) is 27.9 Å². The van der Waals surface area contributed by atoms with E-state index in [1.54, 1.807) is 25.1 Å². The van der Waals surface area contributed by atoms with Gasteiger partial charge in [-0.05, 0) is 37.1 Å². The molecule has 1 atom stereocenters. The second-order valence-corrected chi connectivity index (χ2v) is 4.30. The van der Waals surface area contributed by atoms with Crippen LogP contribution in [-0.4, -0.2) is 37.4 Å². The molecule has 0 aliphatic heterocycles. The molecule has 5 heteroatoms. The van der Waals surface area contributed by atoms with Crippen molar-refractivity contribution in [2.75, 3.05) is 20.3 Å². The van der Waals surface area contributed by atoms with Crippen LogP contribution in [0.3, 0.4) is 0 Å². The lowest BCUT2D eigenvalue weighted by atomic mass is 10.1. The zero-order valence-corrected chi connectivity index (χ0v) is 11.1. The Kier molecular flexibility index (Phi) is 6.00. The normalized spacial score (nSPS) is 11.7. The molecule has 0 spiro atoms. The van der Waals surface area contributed by atoms with E-state index in [9.17, 15) is 9.90 Å². The number of nitriles is 1. The fourth-order valence-electron chi connectivity index (χ4n) is 1.71. The average Bonchev–Trinajstić information content (AvgIpc) is 2.38. The number of hydrogen-bond acceptors (Lipinski definition) is 4. The van der Waals surface area contributed by atoms with Gasteiger partial charge in [0, 0.05) is 19.2 Å². The number of benzene rings is 1. The predicted octanol–water partition coefficient (Wildman–Crippen LogP) is 0.994. The quantitative estimate of drug-likeness (QED) is 0.801. The molecule has 0 aliphatic rings. The van der Waals surface area contributed by atoms with Gasteiger partial charge in [0.2, 0.25) is 0 Å². The smallest absolute Gasteiger partial charge is 0.251 e. The molecule has 19 heavy (non-hydrogen) atoms. The van der Waals surface area contributed by atoms with Crippen LogP contribution < -0.4 is 5.32 Å². The highest BCUT2D eigenvalue weighted by Crippen LogP contribution is 2.10. The number of ether oxygens (including phenoxy) is 1. The molecule has 0 radical (unpaired) electrons. The van der Waals surface area contributed by atoms with Gasteiger partial charge in [-0.2, -0.15) is 5.26 Å². The van der Waals surface area contributed by atoms with E-state index in [1.807, 2.05) is 6.07 Å². The molecule has 102 valence electrons. The first-order valence-electron chi connectivity index (χ1n) is 6.04. The van der Waals surface area contributed by atoms with Gasteiger partial charge >= 0.3 is 0 Å². The number of aliphatic hydroxyl groups is 1. The van der Waals surface area contributed by atoms with Gasteiger partial charge in [0.15, 0.2) is 0 Å². The Morgan fingerprint density at radius 2 is 2.32 bits per heavy atom. The number of carbonyl (C=O) groups excluding carboxylic acids is 1. The van der Waals surface area contributed by atoms with E-state index in [4.69, 9.17) is 10.00 Å².